The molecule has 0 saturated heterocycles. The minimum Gasteiger partial charge on any atom is -0.326 e. The molecular weight excluding hydrogens is 187 g/mol. The van der Waals surface area contributed by atoms with E-state index in [4.69, 9.17) is 15.8 Å². The first-order chi connectivity index (χ1) is 6.04. The van der Waals surface area contributed by atoms with Gasteiger partial charge in [0, 0.05) is 6.42 Å². The highest BCUT2D eigenvalue weighted by Crippen LogP contribution is 2.32. The monoisotopic (exact) mass is 202 g/mol. The first-order valence-electron chi connectivity index (χ1n) is 4.00. The highest BCUT2D eigenvalue weighted by molar-refractivity contribution is 7.32. The Morgan fingerprint density at radius 1 is 1.85 bits per heavy atom. The van der Waals surface area contributed by atoms with E-state index in [1.807, 2.05) is 0 Å². The van der Waals surface area contributed by atoms with Crippen LogP contribution < -0.4 is 0 Å². The third kappa shape index (κ3) is 5.65. The lowest BCUT2D eigenvalue weighted by molar-refractivity contribution is 0.0809. The second-order valence-corrected chi connectivity index (χ2v) is 3.76. The van der Waals surface area contributed by atoms with E-state index in [0.717, 1.165) is 0 Å². The number of terminal acetylenes is 1. The molecule has 74 valence electrons. The molecule has 0 aromatic carbocycles. The molecule has 0 aromatic rings. The predicted octanol–water partition coefficient (Wildman–Crippen LogP) is 2.13. The van der Waals surface area contributed by atoms with E-state index in [9.17, 15) is 4.57 Å². The molecule has 0 saturated carbocycles. The van der Waals surface area contributed by atoms with Crippen molar-refractivity contribution in [2.75, 3.05) is 0 Å². The standard InChI is InChI=1S/C9H15O3P/c1-4-6-8-9(3,7-5-2)12-13(10)11/h2,4,13H,1,6-8H2,3H3,(H,10,11). The largest absolute Gasteiger partial charge is 0.326 e. The molecule has 0 aromatic heterocycles. The van der Waals surface area contributed by atoms with Crippen molar-refractivity contribution >= 4 is 8.25 Å². The van der Waals surface area contributed by atoms with Crippen molar-refractivity contribution in [1.29, 1.82) is 0 Å². The molecule has 0 fully saturated rings. The van der Waals surface area contributed by atoms with Gasteiger partial charge in [-0.2, -0.15) is 0 Å². The van der Waals surface area contributed by atoms with Crippen molar-refractivity contribution < 1.29 is 14.0 Å². The zero-order chi connectivity index (χ0) is 10.3. The molecule has 0 radical (unpaired) electrons. The van der Waals surface area contributed by atoms with E-state index >= 15 is 0 Å². The van der Waals surface area contributed by atoms with E-state index in [1.54, 1.807) is 13.0 Å². The maximum Gasteiger partial charge on any atom is 0.317 e. The molecule has 0 aliphatic heterocycles. The lowest BCUT2D eigenvalue weighted by Crippen LogP contribution is -2.25. The van der Waals surface area contributed by atoms with E-state index < -0.39 is 13.9 Å². The molecule has 0 amide bonds. The molecule has 2 unspecified atom stereocenters. The van der Waals surface area contributed by atoms with Crippen LogP contribution in [-0.2, 0) is 9.09 Å². The van der Waals surface area contributed by atoms with Gasteiger partial charge in [-0.25, -0.2) is 0 Å². The highest BCUT2D eigenvalue weighted by Gasteiger charge is 2.25. The molecule has 13 heavy (non-hydrogen) atoms. The minimum atomic E-state index is -2.92. The van der Waals surface area contributed by atoms with Crippen LogP contribution >= 0.6 is 8.25 Å². The summed E-state index contributed by atoms with van der Waals surface area (Å²) >= 11 is 0. The lowest BCUT2D eigenvalue weighted by Gasteiger charge is -2.25. The fraction of sp³-hybridized carbons (Fsp3) is 0.556. The van der Waals surface area contributed by atoms with Crippen LogP contribution in [-0.4, -0.2) is 10.5 Å². The predicted molar refractivity (Wildman–Crippen MR) is 53.6 cm³/mol. The van der Waals surface area contributed by atoms with Crippen LogP contribution in [0.2, 0.25) is 0 Å². The number of hydrogen-bond donors (Lipinski definition) is 1. The molecular formula is C9H15O3P. The Hall–Kier alpha value is -0.550. The zero-order valence-corrected chi connectivity index (χ0v) is 8.75. The van der Waals surface area contributed by atoms with E-state index in [0.29, 0.717) is 19.3 Å². The highest BCUT2D eigenvalue weighted by atomic mass is 31.1. The lowest BCUT2D eigenvalue weighted by atomic mass is 9.97. The van der Waals surface area contributed by atoms with Crippen LogP contribution in [0.4, 0.5) is 0 Å². The summed E-state index contributed by atoms with van der Waals surface area (Å²) < 4.78 is 15.4. The normalized spacial score (nSPS) is 17.0. The third-order valence-electron chi connectivity index (χ3n) is 1.69. The van der Waals surface area contributed by atoms with Gasteiger partial charge in [-0.15, -0.1) is 18.9 Å². The Kier molecular flexibility index (Phi) is 5.73. The molecule has 4 heteroatoms. The fourth-order valence-corrected chi connectivity index (χ4v) is 1.61. The first-order valence-corrected chi connectivity index (χ1v) is 5.27. The van der Waals surface area contributed by atoms with Crippen molar-refractivity contribution in [3.05, 3.63) is 12.7 Å². The number of hydrogen-bond acceptors (Lipinski definition) is 2. The Labute approximate surface area is 79.8 Å². The smallest absolute Gasteiger partial charge is 0.317 e. The summed E-state index contributed by atoms with van der Waals surface area (Å²) in [5.74, 6) is 2.43. The second-order valence-electron chi connectivity index (χ2n) is 3.03. The van der Waals surface area contributed by atoms with Crippen LogP contribution in [0.1, 0.15) is 26.2 Å². The summed E-state index contributed by atoms with van der Waals surface area (Å²) in [6.07, 6.45) is 8.52. The summed E-state index contributed by atoms with van der Waals surface area (Å²) in [6, 6.07) is 0. The SMILES string of the molecule is C#CCC(C)(CCC=C)O[PH](=O)O. The summed E-state index contributed by atoms with van der Waals surface area (Å²) in [6.45, 7) is 5.29. The molecule has 0 aliphatic rings. The molecule has 1 N–H and O–H groups in total. The Bertz CT molecular complexity index is 232. The molecule has 0 rings (SSSR count). The van der Waals surface area contributed by atoms with Crippen molar-refractivity contribution in [1.82, 2.24) is 0 Å². The maximum atomic E-state index is 10.5. The summed E-state index contributed by atoms with van der Waals surface area (Å²) in [5, 5.41) is 0. The van der Waals surface area contributed by atoms with Gasteiger partial charge in [0.1, 0.15) is 0 Å². The topological polar surface area (TPSA) is 46.5 Å². The van der Waals surface area contributed by atoms with Crippen molar-refractivity contribution in [2.24, 2.45) is 0 Å². The fourth-order valence-electron chi connectivity index (χ4n) is 1.01. The second kappa shape index (κ2) is 5.99. The van der Waals surface area contributed by atoms with Crippen LogP contribution in [0.5, 0.6) is 0 Å². The van der Waals surface area contributed by atoms with Gasteiger partial charge in [0.25, 0.3) is 0 Å². The van der Waals surface area contributed by atoms with Gasteiger partial charge in [-0.1, -0.05) is 6.08 Å². The molecule has 0 heterocycles. The van der Waals surface area contributed by atoms with E-state index in [2.05, 4.69) is 12.5 Å². The van der Waals surface area contributed by atoms with E-state index in [1.165, 1.54) is 0 Å². The molecule has 2 atom stereocenters. The van der Waals surface area contributed by atoms with Crippen LogP contribution in [0.15, 0.2) is 12.7 Å². The number of rotatable bonds is 6. The summed E-state index contributed by atoms with van der Waals surface area (Å²) in [4.78, 5) is 8.64. The average molecular weight is 202 g/mol. The Balaban J connectivity index is 4.24. The van der Waals surface area contributed by atoms with Gasteiger partial charge >= 0.3 is 8.25 Å². The average Bonchev–Trinajstić information content (AvgIpc) is 2.00. The van der Waals surface area contributed by atoms with Crippen molar-refractivity contribution in [3.63, 3.8) is 0 Å². The van der Waals surface area contributed by atoms with Crippen molar-refractivity contribution in [2.45, 2.75) is 31.8 Å². The number of allylic oxidation sites excluding steroid dienone is 1. The van der Waals surface area contributed by atoms with Gasteiger partial charge in [-0.05, 0) is 19.8 Å². The van der Waals surface area contributed by atoms with Crippen molar-refractivity contribution in [3.8, 4) is 12.3 Å². The first kappa shape index (κ1) is 12.4. The van der Waals surface area contributed by atoms with Gasteiger partial charge < -0.3 is 9.42 Å². The Morgan fingerprint density at radius 2 is 2.46 bits per heavy atom. The van der Waals surface area contributed by atoms with Crippen LogP contribution in [0, 0.1) is 12.3 Å². The summed E-state index contributed by atoms with van der Waals surface area (Å²) in [5.41, 5.74) is -0.701. The molecule has 3 nitrogen and oxygen atoms in total. The van der Waals surface area contributed by atoms with Gasteiger partial charge in [-0.3, -0.25) is 4.57 Å². The molecule has 0 aliphatic carbocycles. The van der Waals surface area contributed by atoms with Gasteiger partial charge in [0.05, 0.1) is 5.60 Å². The van der Waals surface area contributed by atoms with Gasteiger partial charge in [0.2, 0.25) is 0 Å². The zero-order valence-electron chi connectivity index (χ0n) is 7.75. The third-order valence-corrected chi connectivity index (χ3v) is 2.35. The maximum absolute atomic E-state index is 10.5. The molecule has 0 bridgehead atoms. The van der Waals surface area contributed by atoms with E-state index in [-0.39, 0.29) is 0 Å². The summed E-state index contributed by atoms with van der Waals surface area (Å²) in [7, 11) is -2.92. The quantitative estimate of drug-likeness (QED) is 0.407. The molecule has 0 spiro atoms. The Morgan fingerprint density at radius 3 is 2.85 bits per heavy atom. The van der Waals surface area contributed by atoms with Crippen LogP contribution in [0.3, 0.4) is 0 Å². The van der Waals surface area contributed by atoms with Crippen LogP contribution in [0.25, 0.3) is 0 Å². The minimum absolute atomic E-state index is 0.331. The van der Waals surface area contributed by atoms with Gasteiger partial charge in [0.15, 0.2) is 0 Å².